The Morgan fingerprint density at radius 2 is 1.74 bits per heavy atom. The van der Waals surface area contributed by atoms with Crippen molar-refractivity contribution in [3.05, 3.63) is 29.3 Å². The van der Waals surface area contributed by atoms with Gasteiger partial charge in [-0.15, -0.1) is 0 Å². The SMILES string of the molecule is CC(C1CNc2ccc(C(C)(C)C)cc21)C(C)(C)C. The molecule has 19 heavy (non-hydrogen) atoms. The molecule has 0 spiro atoms. The third-order valence-electron chi connectivity index (χ3n) is 4.80. The molecule has 1 N–H and O–H groups in total. The highest BCUT2D eigenvalue weighted by atomic mass is 14.9. The average molecular weight is 259 g/mol. The lowest BCUT2D eigenvalue weighted by molar-refractivity contribution is 0.228. The number of anilines is 1. The molecule has 2 atom stereocenters. The molecule has 0 saturated heterocycles. The second kappa shape index (κ2) is 4.54. The monoisotopic (exact) mass is 259 g/mol. The van der Waals surface area contributed by atoms with E-state index in [2.05, 4.69) is 72.0 Å². The summed E-state index contributed by atoms with van der Waals surface area (Å²) in [6, 6.07) is 6.98. The summed E-state index contributed by atoms with van der Waals surface area (Å²) in [6.45, 7) is 17.4. The number of hydrogen-bond acceptors (Lipinski definition) is 1. The van der Waals surface area contributed by atoms with E-state index >= 15 is 0 Å². The van der Waals surface area contributed by atoms with Gasteiger partial charge in [-0.2, -0.15) is 0 Å². The minimum Gasteiger partial charge on any atom is -0.384 e. The third kappa shape index (κ3) is 2.80. The summed E-state index contributed by atoms with van der Waals surface area (Å²) < 4.78 is 0. The van der Waals surface area contributed by atoms with Crippen molar-refractivity contribution in [2.75, 3.05) is 11.9 Å². The molecule has 2 rings (SSSR count). The van der Waals surface area contributed by atoms with Gasteiger partial charge in [0.05, 0.1) is 0 Å². The molecule has 0 fully saturated rings. The van der Waals surface area contributed by atoms with Gasteiger partial charge in [0, 0.05) is 18.2 Å². The Kier molecular flexibility index (Phi) is 3.45. The van der Waals surface area contributed by atoms with Gasteiger partial charge in [-0.3, -0.25) is 0 Å². The number of fused-ring (bicyclic) bond motifs is 1. The van der Waals surface area contributed by atoms with Crippen molar-refractivity contribution in [2.24, 2.45) is 11.3 Å². The van der Waals surface area contributed by atoms with Crippen LogP contribution in [-0.4, -0.2) is 6.54 Å². The number of nitrogens with one attached hydrogen (secondary N) is 1. The lowest BCUT2D eigenvalue weighted by atomic mass is 9.72. The average Bonchev–Trinajstić information content (AvgIpc) is 2.67. The molecule has 1 heterocycles. The maximum absolute atomic E-state index is 3.58. The lowest BCUT2D eigenvalue weighted by Crippen LogP contribution is -2.25. The van der Waals surface area contributed by atoms with E-state index in [9.17, 15) is 0 Å². The quantitative estimate of drug-likeness (QED) is 0.733. The fraction of sp³-hybridized carbons (Fsp3) is 0.667. The first kappa shape index (κ1) is 14.4. The minimum absolute atomic E-state index is 0.229. The highest BCUT2D eigenvalue weighted by molar-refractivity contribution is 5.59. The van der Waals surface area contributed by atoms with Crippen LogP contribution in [0.1, 0.15) is 65.5 Å². The van der Waals surface area contributed by atoms with Crippen LogP contribution < -0.4 is 5.32 Å². The third-order valence-corrected chi connectivity index (χ3v) is 4.80. The standard InChI is InChI=1S/C18H29N/c1-12(17(2,3)4)15-11-19-16-9-8-13(10-14(15)16)18(5,6)7/h8-10,12,15,19H,11H2,1-7H3. The van der Waals surface area contributed by atoms with E-state index in [1.165, 1.54) is 16.8 Å². The van der Waals surface area contributed by atoms with Crippen molar-refractivity contribution in [2.45, 2.75) is 59.8 Å². The van der Waals surface area contributed by atoms with Gasteiger partial charge in [-0.05, 0) is 33.9 Å². The van der Waals surface area contributed by atoms with E-state index < -0.39 is 0 Å². The van der Waals surface area contributed by atoms with Crippen LogP contribution in [0.4, 0.5) is 5.69 Å². The highest BCUT2D eigenvalue weighted by Gasteiger charge is 2.34. The fourth-order valence-electron chi connectivity index (χ4n) is 2.88. The fourth-order valence-corrected chi connectivity index (χ4v) is 2.88. The Morgan fingerprint density at radius 1 is 1.11 bits per heavy atom. The topological polar surface area (TPSA) is 12.0 Å². The first-order chi connectivity index (χ1) is 8.60. The molecule has 0 aliphatic carbocycles. The molecular weight excluding hydrogens is 230 g/mol. The first-order valence-electron chi connectivity index (χ1n) is 7.49. The van der Waals surface area contributed by atoms with Gasteiger partial charge in [0.1, 0.15) is 0 Å². The Morgan fingerprint density at radius 3 is 2.26 bits per heavy atom. The smallest absolute Gasteiger partial charge is 0.0376 e. The molecule has 1 aliphatic rings. The predicted molar refractivity (Wildman–Crippen MR) is 85.0 cm³/mol. The van der Waals surface area contributed by atoms with Gasteiger partial charge in [-0.25, -0.2) is 0 Å². The molecule has 0 saturated carbocycles. The molecule has 1 aliphatic heterocycles. The second-order valence-electron chi connectivity index (χ2n) is 8.19. The largest absolute Gasteiger partial charge is 0.384 e. The van der Waals surface area contributed by atoms with Crippen LogP contribution >= 0.6 is 0 Å². The Bertz CT molecular complexity index is 460. The number of rotatable bonds is 1. The normalized spacial score (nSPS) is 20.9. The van der Waals surface area contributed by atoms with Gasteiger partial charge in [0.15, 0.2) is 0 Å². The Labute approximate surface area is 118 Å². The van der Waals surface area contributed by atoms with Crippen molar-refractivity contribution < 1.29 is 0 Å². The van der Waals surface area contributed by atoms with Crippen LogP contribution in [0.2, 0.25) is 0 Å². The molecular formula is C18H29N. The number of hydrogen-bond donors (Lipinski definition) is 1. The molecule has 1 aromatic carbocycles. The maximum atomic E-state index is 3.58. The summed E-state index contributed by atoms with van der Waals surface area (Å²) in [4.78, 5) is 0. The first-order valence-corrected chi connectivity index (χ1v) is 7.49. The molecule has 0 bridgehead atoms. The Balaban J connectivity index is 2.38. The number of benzene rings is 1. The van der Waals surface area contributed by atoms with Crippen molar-refractivity contribution in [3.63, 3.8) is 0 Å². The van der Waals surface area contributed by atoms with E-state index in [0.29, 0.717) is 17.3 Å². The van der Waals surface area contributed by atoms with Gasteiger partial charge in [0.25, 0.3) is 0 Å². The Hall–Kier alpha value is -0.980. The lowest BCUT2D eigenvalue weighted by Gasteiger charge is -2.32. The van der Waals surface area contributed by atoms with Gasteiger partial charge in [0.2, 0.25) is 0 Å². The van der Waals surface area contributed by atoms with Crippen molar-refractivity contribution in [1.29, 1.82) is 0 Å². The minimum atomic E-state index is 0.229. The van der Waals surface area contributed by atoms with E-state index in [1.807, 2.05) is 0 Å². The molecule has 1 heteroatoms. The van der Waals surface area contributed by atoms with Crippen molar-refractivity contribution in [1.82, 2.24) is 0 Å². The van der Waals surface area contributed by atoms with Gasteiger partial charge in [-0.1, -0.05) is 60.6 Å². The van der Waals surface area contributed by atoms with Gasteiger partial charge < -0.3 is 5.32 Å². The zero-order chi connectivity index (χ0) is 14.4. The summed E-state index contributed by atoms with van der Waals surface area (Å²) in [7, 11) is 0. The predicted octanol–water partition coefficient (Wildman–Crippen LogP) is 5.18. The van der Waals surface area contributed by atoms with E-state index in [-0.39, 0.29) is 5.41 Å². The maximum Gasteiger partial charge on any atom is 0.0376 e. The molecule has 0 amide bonds. The van der Waals surface area contributed by atoms with E-state index in [1.54, 1.807) is 0 Å². The van der Waals surface area contributed by atoms with Crippen LogP contribution in [0.25, 0.3) is 0 Å². The highest BCUT2D eigenvalue weighted by Crippen LogP contribution is 2.44. The molecule has 1 nitrogen and oxygen atoms in total. The van der Waals surface area contributed by atoms with Crippen LogP contribution in [-0.2, 0) is 5.41 Å². The van der Waals surface area contributed by atoms with Crippen LogP contribution in [0.5, 0.6) is 0 Å². The molecule has 0 radical (unpaired) electrons. The van der Waals surface area contributed by atoms with Crippen LogP contribution in [0.3, 0.4) is 0 Å². The summed E-state index contributed by atoms with van der Waals surface area (Å²) in [6.07, 6.45) is 0. The summed E-state index contributed by atoms with van der Waals surface area (Å²) in [5.41, 5.74) is 4.89. The molecule has 0 aromatic heterocycles. The van der Waals surface area contributed by atoms with E-state index in [4.69, 9.17) is 0 Å². The molecule has 1 aromatic rings. The van der Waals surface area contributed by atoms with Crippen LogP contribution in [0.15, 0.2) is 18.2 Å². The van der Waals surface area contributed by atoms with Crippen molar-refractivity contribution in [3.8, 4) is 0 Å². The zero-order valence-electron chi connectivity index (χ0n) is 13.6. The second-order valence-corrected chi connectivity index (χ2v) is 8.19. The van der Waals surface area contributed by atoms with Gasteiger partial charge >= 0.3 is 0 Å². The van der Waals surface area contributed by atoms with Crippen LogP contribution in [0, 0.1) is 11.3 Å². The summed E-state index contributed by atoms with van der Waals surface area (Å²) >= 11 is 0. The van der Waals surface area contributed by atoms with E-state index in [0.717, 1.165) is 6.54 Å². The summed E-state index contributed by atoms with van der Waals surface area (Å²) in [5, 5.41) is 3.58. The zero-order valence-corrected chi connectivity index (χ0v) is 13.6. The van der Waals surface area contributed by atoms with Crippen molar-refractivity contribution >= 4 is 5.69 Å². The summed E-state index contributed by atoms with van der Waals surface area (Å²) in [5.74, 6) is 1.31. The molecule has 2 unspecified atom stereocenters. The molecule has 106 valence electrons.